The summed E-state index contributed by atoms with van der Waals surface area (Å²) in [5, 5.41) is 13.9. The first-order valence-corrected chi connectivity index (χ1v) is 6.73. The zero-order chi connectivity index (χ0) is 16.0. The third-order valence-corrected chi connectivity index (χ3v) is 2.61. The fourth-order valence-electron chi connectivity index (χ4n) is 1.70. The third-order valence-electron chi connectivity index (χ3n) is 2.61. The van der Waals surface area contributed by atoms with Crippen molar-refractivity contribution in [3.8, 4) is 0 Å². The lowest BCUT2D eigenvalue weighted by Gasteiger charge is -2.20. The molecular weight excluding hydrogens is 272 g/mol. The Hall–Kier alpha value is -2.08. The van der Waals surface area contributed by atoms with Gasteiger partial charge in [-0.05, 0) is 45.4 Å². The summed E-state index contributed by atoms with van der Waals surface area (Å²) >= 11 is 0. The Labute approximate surface area is 124 Å². The minimum absolute atomic E-state index is 0.124. The Balaban J connectivity index is 2.86. The third kappa shape index (κ3) is 5.43. The maximum absolute atomic E-state index is 11.9. The van der Waals surface area contributed by atoms with Crippen LogP contribution < -0.4 is 10.6 Å². The molecule has 1 aromatic rings. The molecule has 0 aromatic heterocycles. The standard InChI is InChI=1S/C15H22N2O4/c1-10-11(13(19)16-8-9-18)6-5-7-12(10)17-14(20)21-15(2,3)4/h5-7,18H,8-9H2,1-4H3,(H,16,19)(H,17,20). The van der Waals surface area contributed by atoms with Gasteiger partial charge in [-0.3, -0.25) is 10.1 Å². The van der Waals surface area contributed by atoms with E-state index in [1.54, 1.807) is 45.9 Å². The Kier molecular flexibility index (Phi) is 5.72. The fourth-order valence-corrected chi connectivity index (χ4v) is 1.70. The average Bonchev–Trinajstić information content (AvgIpc) is 2.36. The largest absolute Gasteiger partial charge is 0.444 e. The van der Waals surface area contributed by atoms with Crippen LogP contribution in [0.25, 0.3) is 0 Å². The van der Waals surface area contributed by atoms with Gasteiger partial charge >= 0.3 is 6.09 Å². The highest BCUT2D eigenvalue weighted by Gasteiger charge is 2.18. The molecule has 1 rings (SSSR count). The summed E-state index contributed by atoms with van der Waals surface area (Å²) in [5.41, 5.74) is 1.00. The monoisotopic (exact) mass is 294 g/mol. The molecule has 0 saturated carbocycles. The number of carbonyl (C=O) groups excluding carboxylic acids is 2. The van der Waals surface area contributed by atoms with Gasteiger partial charge in [0.1, 0.15) is 5.60 Å². The van der Waals surface area contributed by atoms with Gasteiger partial charge in [-0.15, -0.1) is 0 Å². The quantitative estimate of drug-likeness (QED) is 0.793. The summed E-state index contributed by atoms with van der Waals surface area (Å²) in [7, 11) is 0. The molecule has 6 heteroatoms. The van der Waals surface area contributed by atoms with E-state index in [-0.39, 0.29) is 19.1 Å². The van der Waals surface area contributed by atoms with Crippen molar-refractivity contribution in [2.24, 2.45) is 0 Å². The predicted molar refractivity (Wildman–Crippen MR) is 80.5 cm³/mol. The van der Waals surface area contributed by atoms with Crippen molar-refractivity contribution in [3.05, 3.63) is 29.3 Å². The molecule has 0 aliphatic heterocycles. The minimum Gasteiger partial charge on any atom is -0.444 e. The summed E-state index contributed by atoms with van der Waals surface area (Å²) in [4.78, 5) is 23.7. The molecule has 0 atom stereocenters. The van der Waals surface area contributed by atoms with E-state index in [2.05, 4.69) is 10.6 Å². The first-order valence-electron chi connectivity index (χ1n) is 6.73. The second-order valence-corrected chi connectivity index (χ2v) is 5.58. The Bertz CT molecular complexity index is 521. The number of hydrogen-bond donors (Lipinski definition) is 3. The molecule has 1 aromatic carbocycles. The molecule has 21 heavy (non-hydrogen) atoms. The maximum atomic E-state index is 11.9. The lowest BCUT2D eigenvalue weighted by molar-refractivity contribution is 0.0635. The van der Waals surface area contributed by atoms with E-state index in [1.165, 1.54) is 0 Å². The van der Waals surface area contributed by atoms with Gasteiger partial charge in [0.2, 0.25) is 0 Å². The van der Waals surface area contributed by atoms with E-state index in [0.29, 0.717) is 16.8 Å². The van der Waals surface area contributed by atoms with Gasteiger partial charge in [-0.1, -0.05) is 6.07 Å². The van der Waals surface area contributed by atoms with Crippen molar-refractivity contribution >= 4 is 17.7 Å². The number of hydrogen-bond acceptors (Lipinski definition) is 4. The molecule has 0 bridgehead atoms. The minimum atomic E-state index is -0.589. The van der Waals surface area contributed by atoms with Gasteiger partial charge < -0.3 is 15.2 Å². The molecule has 0 spiro atoms. The van der Waals surface area contributed by atoms with Crippen molar-refractivity contribution in [1.29, 1.82) is 0 Å². The van der Waals surface area contributed by atoms with Crippen LogP contribution in [0.1, 0.15) is 36.7 Å². The molecule has 6 nitrogen and oxygen atoms in total. The van der Waals surface area contributed by atoms with Gasteiger partial charge in [0.15, 0.2) is 0 Å². The summed E-state index contributed by atoms with van der Waals surface area (Å²) in [6, 6.07) is 5.03. The van der Waals surface area contributed by atoms with Crippen molar-refractivity contribution in [3.63, 3.8) is 0 Å². The number of carbonyl (C=O) groups is 2. The van der Waals surface area contributed by atoms with Gasteiger partial charge in [0.25, 0.3) is 5.91 Å². The van der Waals surface area contributed by atoms with Crippen LogP contribution in [0, 0.1) is 6.92 Å². The van der Waals surface area contributed by atoms with Crippen molar-refractivity contribution < 1.29 is 19.4 Å². The van der Waals surface area contributed by atoms with Gasteiger partial charge in [-0.2, -0.15) is 0 Å². The summed E-state index contributed by atoms with van der Waals surface area (Å²) in [6.45, 7) is 7.12. The highest BCUT2D eigenvalue weighted by molar-refractivity contribution is 5.98. The first kappa shape index (κ1) is 17.0. The number of anilines is 1. The highest BCUT2D eigenvalue weighted by atomic mass is 16.6. The lowest BCUT2D eigenvalue weighted by atomic mass is 10.1. The van der Waals surface area contributed by atoms with Crippen LogP contribution >= 0.6 is 0 Å². The number of nitrogens with one attached hydrogen (secondary N) is 2. The fraction of sp³-hybridized carbons (Fsp3) is 0.467. The van der Waals surface area contributed by atoms with Crippen LogP contribution in [0.5, 0.6) is 0 Å². The van der Waals surface area contributed by atoms with Gasteiger partial charge in [0.05, 0.1) is 6.61 Å². The lowest BCUT2D eigenvalue weighted by Crippen LogP contribution is -2.29. The second kappa shape index (κ2) is 7.08. The normalized spacial score (nSPS) is 10.9. The van der Waals surface area contributed by atoms with E-state index < -0.39 is 11.7 Å². The van der Waals surface area contributed by atoms with Crippen LogP contribution in [-0.2, 0) is 4.74 Å². The smallest absolute Gasteiger partial charge is 0.412 e. The number of benzene rings is 1. The molecule has 0 radical (unpaired) electrons. The summed E-state index contributed by atoms with van der Waals surface area (Å²) in [5.74, 6) is -0.297. The van der Waals surface area contributed by atoms with Crippen LogP contribution in [-0.4, -0.2) is 35.9 Å². The maximum Gasteiger partial charge on any atom is 0.412 e. The number of amides is 2. The molecule has 2 amide bonds. The SMILES string of the molecule is Cc1c(NC(=O)OC(C)(C)C)cccc1C(=O)NCCO. The number of aliphatic hydroxyl groups excluding tert-OH is 1. The molecule has 0 aliphatic rings. The van der Waals surface area contributed by atoms with Gasteiger partial charge in [0, 0.05) is 17.8 Å². The van der Waals surface area contributed by atoms with Crippen molar-refractivity contribution in [1.82, 2.24) is 5.32 Å². The van der Waals surface area contributed by atoms with E-state index >= 15 is 0 Å². The van der Waals surface area contributed by atoms with E-state index in [4.69, 9.17) is 9.84 Å². The van der Waals surface area contributed by atoms with Crippen LogP contribution in [0.15, 0.2) is 18.2 Å². The molecule has 0 heterocycles. The summed E-state index contributed by atoms with van der Waals surface area (Å²) in [6.07, 6.45) is -0.571. The van der Waals surface area contributed by atoms with Crippen LogP contribution in [0.4, 0.5) is 10.5 Å². The van der Waals surface area contributed by atoms with Crippen LogP contribution in [0.3, 0.4) is 0 Å². The molecule has 0 aliphatic carbocycles. The molecular formula is C15H22N2O4. The van der Waals surface area contributed by atoms with Gasteiger partial charge in [-0.25, -0.2) is 4.79 Å². The van der Waals surface area contributed by atoms with E-state index in [1.807, 2.05) is 0 Å². The van der Waals surface area contributed by atoms with Crippen LogP contribution in [0.2, 0.25) is 0 Å². The predicted octanol–water partition coefficient (Wildman–Crippen LogP) is 2.06. The molecule has 0 saturated heterocycles. The summed E-state index contributed by atoms with van der Waals surface area (Å²) < 4.78 is 5.18. The van der Waals surface area contributed by atoms with E-state index in [9.17, 15) is 9.59 Å². The second-order valence-electron chi connectivity index (χ2n) is 5.58. The topological polar surface area (TPSA) is 87.7 Å². The average molecular weight is 294 g/mol. The number of aliphatic hydroxyl groups is 1. The van der Waals surface area contributed by atoms with E-state index in [0.717, 1.165) is 0 Å². The zero-order valence-electron chi connectivity index (χ0n) is 12.8. The van der Waals surface area contributed by atoms with Crippen molar-refractivity contribution in [2.45, 2.75) is 33.3 Å². The molecule has 0 fully saturated rings. The number of rotatable bonds is 4. The zero-order valence-corrected chi connectivity index (χ0v) is 12.8. The Morgan fingerprint density at radius 1 is 1.29 bits per heavy atom. The molecule has 116 valence electrons. The molecule has 3 N–H and O–H groups in total. The Morgan fingerprint density at radius 2 is 1.95 bits per heavy atom. The van der Waals surface area contributed by atoms with Crippen molar-refractivity contribution in [2.75, 3.05) is 18.5 Å². The highest BCUT2D eigenvalue weighted by Crippen LogP contribution is 2.20. The Morgan fingerprint density at radius 3 is 2.52 bits per heavy atom. The first-order chi connectivity index (χ1) is 9.74. The number of ether oxygens (including phenoxy) is 1. The molecule has 0 unspecified atom stereocenters.